The number of hydrogen-bond donors (Lipinski definition) is 0. The van der Waals surface area contributed by atoms with Gasteiger partial charge < -0.3 is 0 Å². The average molecular weight is 315 g/mol. The molecule has 1 fully saturated rings. The first-order valence-corrected chi connectivity index (χ1v) is 9.07. The van der Waals surface area contributed by atoms with Crippen LogP contribution in [0, 0.1) is 5.41 Å². The molecule has 1 saturated carbocycles. The van der Waals surface area contributed by atoms with Gasteiger partial charge in [0.15, 0.2) is 0 Å². The second kappa shape index (κ2) is 6.05. The highest BCUT2D eigenvalue weighted by Gasteiger charge is 2.28. The summed E-state index contributed by atoms with van der Waals surface area (Å²) in [5.41, 5.74) is 5.44. The SMILES string of the molecule is CC1(C)CCC(c2cc(-c3ccccc3)nc3ccccc23)CC1. The van der Waals surface area contributed by atoms with Crippen LogP contribution in [-0.4, -0.2) is 4.98 Å². The van der Waals surface area contributed by atoms with E-state index in [0.717, 1.165) is 11.2 Å². The lowest BCUT2D eigenvalue weighted by Crippen LogP contribution is -2.20. The standard InChI is InChI=1S/C23H25N/c1-23(2)14-12-17(13-15-23)20-16-22(18-8-4-3-5-9-18)24-21-11-7-6-10-19(20)21/h3-11,16-17H,12-15H2,1-2H3. The van der Waals surface area contributed by atoms with Crippen LogP contribution in [0.2, 0.25) is 0 Å². The Balaban J connectivity index is 1.81. The van der Waals surface area contributed by atoms with Crippen LogP contribution in [0.1, 0.15) is 51.0 Å². The number of hydrogen-bond acceptors (Lipinski definition) is 1. The molecule has 3 aromatic rings. The van der Waals surface area contributed by atoms with Crippen molar-refractivity contribution in [1.29, 1.82) is 0 Å². The van der Waals surface area contributed by atoms with Crippen LogP contribution in [0.25, 0.3) is 22.2 Å². The fourth-order valence-electron chi connectivity index (χ4n) is 4.01. The fraction of sp³-hybridized carbons (Fsp3) is 0.348. The minimum Gasteiger partial charge on any atom is -0.248 e. The van der Waals surface area contributed by atoms with Crippen LogP contribution < -0.4 is 0 Å². The lowest BCUT2D eigenvalue weighted by Gasteiger charge is -2.35. The topological polar surface area (TPSA) is 12.9 Å². The first kappa shape index (κ1) is 15.4. The summed E-state index contributed by atoms with van der Waals surface area (Å²) in [4.78, 5) is 4.93. The third kappa shape index (κ3) is 2.96. The third-order valence-corrected chi connectivity index (χ3v) is 5.60. The van der Waals surface area contributed by atoms with E-state index in [9.17, 15) is 0 Å². The molecule has 0 spiro atoms. The molecule has 1 aromatic heterocycles. The lowest BCUT2D eigenvalue weighted by atomic mass is 9.71. The van der Waals surface area contributed by atoms with Gasteiger partial charge in [-0.3, -0.25) is 0 Å². The predicted octanol–water partition coefficient (Wildman–Crippen LogP) is 6.59. The molecule has 4 rings (SSSR count). The number of benzene rings is 2. The normalized spacial score (nSPS) is 17.9. The van der Waals surface area contributed by atoms with E-state index in [4.69, 9.17) is 4.98 Å². The van der Waals surface area contributed by atoms with Gasteiger partial charge in [-0.1, -0.05) is 62.4 Å². The van der Waals surface area contributed by atoms with Gasteiger partial charge in [-0.15, -0.1) is 0 Å². The number of para-hydroxylation sites is 1. The van der Waals surface area contributed by atoms with Gasteiger partial charge in [0.2, 0.25) is 0 Å². The second-order valence-electron chi connectivity index (χ2n) is 7.92. The average Bonchev–Trinajstić information content (AvgIpc) is 2.62. The molecular weight excluding hydrogens is 290 g/mol. The van der Waals surface area contributed by atoms with Crippen LogP contribution in [0.15, 0.2) is 60.7 Å². The summed E-state index contributed by atoms with van der Waals surface area (Å²) in [5, 5.41) is 1.34. The van der Waals surface area contributed by atoms with Crippen molar-refractivity contribution in [3.8, 4) is 11.3 Å². The molecule has 0 bridgehead atoms. The zero-order valence-corrected chi connectivity index (χ0v) is 14.6. The van der Waals surface area contributed by atoms with Crippen molar-refractivity contribution in [2.24, 2.45) is 5.41 Å². The molecule has 0 N–H and O–H groups in total. The van der Waals surface area contributed by atoms with Crippen molar-refractivity contribution in [3.05, 3.63) is 66.2 Å². The van der Waals surface area contributed by atoms with Crippen LogP contribution in [0.4, 0.5) is 0 Å². The third-order valence-electron chi connectivity index (χ3n) is 5.60. The Morgan fingerprint density at radius 3 is 2.29 bits per heavy atom. The summed E-state index contributed by atoms with van der Waals surface area (Å²) in [7, 11) is 0. The first-order chi connectivity index (χ1) is 11.6. The molecule has 0 saturated heterocycles. The van der Waals surface area contributed by atoms with Crippen LogP contribution >= 0.6 is 0 Å². The zero-order valence-electron chi connectivity index (χ0n) is 14.6. The van der Waals surface area contributed by atoms with E-state index in [1.54, 1.807) is 0 Å². The van der Waals surface area contributed by atoms with Crippen molar-refractivity contribution in [1.82, 2.24) is 4.98 Å². The van der Waals surface area contributed by atoms with Crippen LogP contribution in [0.5, 0.6) is 0 Å². The second-order valence-corrected chi connectivity index (χ2v) is 7.92. The Kier molecular flexibility index (Phi) is 3.88. The maximum Gasteiger partial charge on any atom is 0.0712 e. The maximum absolute atomic E-state index is 4.93. The molecule has 1 aliphatic rings. The van der Waals surface area contributed by atoms with E-state index in [2.05, 4.69) is 74.5 Å². The number of aromatic nitrogens is 1. The molecule has 0 unspecified atom stereocenters. The van der Waals surface area contributed by atoms with Crippen molar-refractivity contribution in [2.45, 2.75) is 45.4 Å². The highest BCUT2D eigenvalue weighted by molar-refractivity contribution is 5.85. The van der Waals surface area contributed by atoms with E-state index < -0.39 is 0 Å². The summed E-state index contributed by atoms with van der Waals surface area (Å²) in [6.45, 7) is 4.81. The van der Waals surface area contributed by atoms with Crippen molar-refractivity contribution >= 4 is 10.9 Å². The van der Waals surface area contributed by atoms with E-state index in [1.165, 1.54) is 42.2 Å². The fourth-order valence-corrected chi connectivity index (χ4v) is 4.01. The van der Waals surface area contributed by atoms with Gasteiger partial charge in [0, 0.05) is 10.9 Å². The zero-order chi connectivity index (χ0) is 16.6. The molecule has 0 atom stereocenters. The summed E-state index contributed by atoms with van der Waals surface area (Å²) >= 11 is 0. The Morgan fingerprint density at radius 2 is 1.54 bits per heavy atom. The molecular formula is C23H25N. The Bertz CT molecular complexity index is 838. The van der Waals surface area contributed by atoms with Crippen LogP contribution in [0.3, 0.4) is 0 Å². The van der Waals surface area contributed by atoms with Gasteiger partial charge in [0.1, 0.15) is 0 Å². The first-order valence-electron chi connectivity index (χ1n) is 9.07. The largest absolute Gasteiger partial charge is 0.248 e. The van der Waals surface area contributed by atoms with Gasteiger partial charge in [-0.2, -0.15) is 0 Å². The van der Waals surface area contributed by atoms with Crippen molar-refractivity contribution in [2.75, 3.05) is 0 Å². The molecule has 1 heterocycles. The quantitative estimate of drug-likeness (QED) is 0.520. The summed E-state index contributed by atoms with van der Waals surface area (Å²) < 4.78 is 0. The van der Waals surface area contributed by atoms with E-state index in [1.807, 2.05) is 0 Å². The summed E-state index contributed by atoms with van der Waals surface area (Å²) in [6, 6.07) is 21.5. The van der Waals surface area contributed by atoms with Gasteiger partial charge in [-0.05, 0) is 54.7 Å². The minimum absolute atomic E-state index is 0.502. The molecule has 122 valence electrons. The van der Waals surface area contributed by atoms with E-state index >= 15 is 0 Å². The number of pyridine rings is 1. The van der Waals surface area contributed by atoms with Crippen molar-refractivity contribution < 1.29 is 0 Å². The lowest BCUT2D eigenvalue weighted by molar-refractivity contribution is 0.225. The van der Waals surface area contributed by atoms with Crippen molar-refractivity contribution in [3.63, 3.8) is 0 Å². The number of nitrogens with zero attached hydrogens (tertiary/aromatic N) is 1. The smallest absolute Gasteiger partial charge is 0.0712 e. The molecule has 0 radical (unpaired) electrons. The van der Waals surface area contributed by atoms with Gasteiger partial charge in [-0.25, -0.2) is 4.98 Å². The highest BCUT2D eigenvalue weighted by Crippen LogP contribution is 2.44. The van der Waals surface area contributed by atoms with E-state index in [-0.39, 0.29) is 0 Å². The molecule has 1 heteroatoms. The Morgan fingerprint density at radius 1 is 0.875 bits per heavy atom. The van der Waals surface area contributed by atoms with Gasteiger partial charge in [0.05, 0.1) is 11.2 Å². The maximum atomic E-state index is 4.93. The molecule has 1 nitrogen and oxygen atoms in total. The number of rotatable bonds is 2. The highest BCUT2D eigenvalue weighted by atomic mass is 14.7. The monoisotopic (exact) mass is 315 g/mol. The summed E-state index contributed by atoms with van der Waals surface area (Å²) in [6.07, 6.45) is 5.20. The van der Waals surface area contributed by atoms with Gasteiger partial charge in [0.25, 0.3) is 0 Å². The predicted molar refractivity (Wildman–Crippen MR) is 102 cm³/mol. The summed E-state index contributed by atoms with van der Waals surface area (Å²) in [5.74, 6) is 0.661. The molecule has 24 heavy (non-hydrogen) atoms. The number of fused-ring (bicyclic) bond motifs is 1. The molecule has 0 aliphatic heterocycles. The molecule has 0 amide bonds. The molecule has 2 aromatic carbocycles. The minimum atomic E-state index is 0.502. The Hall–Kier alpha value is -2.15. The Labute approximate surface area is 144 Å². The van der Waals surface area contributed by atoms with Crippen LogP contribution in [-0.2, 0) is 0 Å². The van der Waals surface area contributed by atoms with E-state index in [0.29, 0.717) is 11.3 Å². The molecule has 1 aliphatic carbocycles. The van der Waals surface area contributed by atoms with Gasteiger partial charge >= 0.3 is 0 Å².